The van der Waals surface area contributed by atoms with E-state index in [2.05, 4.69) is 26.9 Å². The maximum absolute atomic E-state index is 12.6. The zero-order valence-corrected chi connectivity index (χ0v) is 13.7. The largest absolute Gasteiger partial charge is 0.435 e. The van der Waals surface area contributed by atoms with Gasteiger partial charge in [-0.3, -0.25) is 4.79 Å². The average molecular weight is 328 g/mol. The maximum atomic E-state index is 12.6. The van der Waals surface area contributed by atoms with Crippen molar-refractivity contribution in [3.8, 4) is 0 Å². The summed E-state index contributed by atoms with van der Waals surface area (Å²) in [6, 6.07) is 1.78. The SMILES string of the molecule is CN1CCCN(C(=O)c2nc3c(o2)CN(c2ncccn2)C3)CC1. The molecule has 1 amide bonds. The molecule has 0 N–H and O–H groups in total. The van der Waals surface area contributed by atoms with Crippen LogP contribution in [-0.4, -0.2) is 63.9 Å². The van der Waals surface area contributed by atoms with E-state index in [0.29, 0.717) is 25.6 Å². The van der Waals surface area contributed by atoms with Crippen LogP contribution >= 0.6 is 0 Å². The van der Waals surface area contributed by atoms with E-state index in [9.17, 15) is 4.79 Å². The van der Waals surface area contributed by atoms with Gasteiger partial charge in [-0.2, -0.15) is 0 Å². The summed E-state index contributed by atoms with van der Waals surface area (Å²) < 4.78 is 5.75. The average Bonchev–Trinajstić information content (AvgIpc) is 3.09. The second-order valence-corrected chi connectivity index (χ2v) is 6.24. The van der Waals surface area contributed by atoms with Crippen molar-refractivity contribution < 1.29 is 9.21 Å². The molecule has 0 unspecified atom stereocenters. The fraction of sp³-hybridized carbons (Fsp3) is 0.500. The molecule has 8 nitrogen and oxygen atoms in total. The van der Waals surface area contributed by atoms with Gasteiger partial charge in [-0.15, -0.1) is 0 Å². The quantitative estimate of drug-likeness (QED) is 0.805. The van der Waals surface area contributed by atoms with Crippen LogP contribution in [0.15, 0.2) is 22.9 Å². The van der Waals surface area contributed by atoms with Crippen molar-refractivity contribution >= 4 is 11.9 Å². The molecule has 2 aliphatic heterocycles. The van der Waals surface area contributed by atoms with Crippen molar-refractivity contribution in [3.05, 3.63) is 35.8 Å². The Labute approximate surface area is 140 Å². The molecule has 4 rings (SSSR count). The van der Waals surface area contributed by atoms with E-state index >= 15 is 0 Å². The standard InChI is InChI=1S/C16H20N6O2/c1-20-6-3-7-21(9-8-20)15(23)14-19-12-10-22(11-13(12)24-14)16-17-4-2-5-18-16/h2,4-5H,3,6-11H2,1H3. The number of carbonyl (C=O) groups excluding carboxylic acids is 1. The molecular formula is C16H20N6O2. The molecule has 4 heterocycles. The Balaban J connectivity index is 1.46. The normalized spacial score (nSPS) is 18.5. The predicted octanol–water partition coefficient (Wildman–Crippen LogP) is 0.762. The number of rotatable bonds is 2. The first kappa shape index (κ1) is 15.1. The third-order valence-corrected chi connectivity index (χ3v) is 4.48. The minimum atomic E-state index is -0.109. The molecule has 2 aromatic rings. The molecule has 1 saturated heterocycles. The van der Waals surface area contributed by atoms with E-state index in [1.54, 1.807) is 18.5 Å². The second kappa shape index (κ2) is 6.20. The van der Waals surface area contributed by atoms with Crippen LogP contribution in [0.25, 0.3) is 0 Å². The third-order valence-electron chi connectivity index (χ3n) is 4.48. The molecule has 0 bridgehead atoms. The highest BCUT2D eigenvalue weighted by atomic mass is 16.4. The number of nitrogens with zero attached hydrogens (tertiary/aromatic N) is 6. The summed E-state index contributed by atoms with van der Waals surface area (Å²) in [4.78, 5) is 31.6. The van der Waals surface area contributed by atoms with Crippen molar-refractivity contribution in [2.75, 3.05) is 38.1 Å². The smallest absolute Gasteiger partial charge is 0.309 e. The van der Waals surface area contributed by atoms with E-state index < -0.39 is 0 Å². The summed E-state index contributed by atoms with van der Waals surface area (Å²) in [6.07, 6.45) is 4.39. The Bertz CT molecular complexity index is 708. The maximum Gasteiger partial charge on any atom is 0.309 e. The number of oxazole rings is 1. The fourth-order valence-corrected chi connectivity index (χ4v) is 3.11. The Morgan fingerprint density at radius 1 is 1.12 bits per heavy atom. The van der Waals surface area contributed by atoms with Crippen LogP contribution in [0.4, 0.5) is 5.95 Å². The number of aromatic nitrogens is 3. The van der Waals surface area contributed by atoms with E-state index in [1.165, 1.54) is 0 Å². The van der Waals surface area contributed by atoms with Gasteiger partial charge >= 0.3 is 5.91 Å². The van der Waals surface area contributed by atoms with Gasteiger partial charge in [0.2, 0.25) is 5.95 Å². The zero-order valence-electron chi connectivity index (χ0n) is 13.7. The van der Waals surface area contributed by atoms with Crippen LogP contribution in [0, 0.1) is 0 Å². The zero-order chi connectivity index (χ0) is 16.5. The lowest BCUT2D eigenvalue weighted by Crippen LogP contribution is -2.34. The van der Waals surface area contributed by atoms with Crippen LogP contribution in [-0.2, 0) is 13.1 Å². The van der Waals surface area contributed by atoms with Crippen LogP contribution in [0.3, 0.4) is 0 Å². The molecule has 2 aliphatic rings. The minimum absolute atomic E-state index is 0.109. The molecule has 0 aromatic carbocycles. The lowest BCUT2D eigenvalue weighted by atomic mass is 10.4. The van der Waals surface area contributed by atoms with Gasteiger partial charge in [0.15, 0.2) is 0 Å². The first-order chi connectivity index (χ1) is 11.7. The summed E-state index contributed by atoms with van der Waals surface area (Å²) in [7, 11) is 2.08. The van der Waals surface area contributed by atoms with E-state index in [1.807, 2.05) is 9.80 Å². The molecule has 0 spiro atoms. The monoisotopic (exact) mass is 328 g/mol. The Kier molecular flexibility index (Phi) is 3.89. The van der Waals surface area contributed by atoms with Crippen molar-refractivity contribution in [2.24, 2.45) is 0 Å². The van der Waals surface area contributed by atoms with Gasteiger partial charge in [-0.05, 0) is 26.1 Å². The van der Waals surface area contributed by atoms with Gasteiger partial charge in [0.1, 0.15) is 11.5 Å². The Morgan fingerprint density at radius 3 is 2.75 bits per heavy atom. The molecule has 126 valence electrons. The summed E-state index contributed by atoms with van der Waals surface area (Å²) in [5.41, 5.74) is 0.803. The number of likely N-dealkylation sites (N-methyl/N-ethyl adjacent to an activating group) is 1. The highest BCUT2D eigenvalue weighted by molar-refractivity contribution is 5.89. The highest BCUT2D eigenvalue weighted by Crippen LogP contribution is 2.26. The topological polar surface area (TPSA) is 78.6 Å². The summed E-state index contributed by atoms with van der Waals surface area (Å²) >= 11 is 0. The molecule has 0 saturated carbocycles. The predicted molar refractivity (Wildman–Crippen MR) is 86.4 cm³/mol. The molecule has 24 heavy (non-hydrogen) atoms. The Morgan fingerprint density at radius 2 is 1.96 bits per heavy atom. The molecule has 8 heteroatoms. The number of fused-ring (bicyclic) bond motifs is 1. The van der Waals surface area contributed by atoms with Gasteiger partial charge in [-0.25, -0.2) is 15.0 Å². The van der Waals surface area contributed by atoms with E-state index in [4.69, 9.17) is 4.42 Å². The summed E-state index contributed by atoms with van der Waals surface area (Å²) in [5, 5.41) is 0. The second-order valence-electron chi connectivity index (χ2n) is 6.24. The molecule has 0 atom stereocenters. The number of hydrogen-bond acceptors (Lipinski definition) is 7. The van der Waals surface area contributed by atoms with Gasteiger partial charge in [-0.1, -0.05) is 0 Å². The van der Waals surface area contributed by atoms with Gasteiger partial charge in [0, 0.05) is 32.0 Å². The lowest BCUT2D eigenvalue weighted by Gasteiger charge is -2.18. The van der Waals surface area contributed by atoms with Crippen molar-refractivity contribution in [1.82, 2.24) is 24.8 Å². The lowest BCUT2D eigenvalue weighted by molar-refractivity contribution is 0.0720. The summed E-state index contributed by atoms with van der Waals surface area (Å²) in [5.74, 6) is 1.48. The molecule has 0 radical (unpaired) electrons. The highest BCUT2D eigenvalue weighted by Gasteiger charge is 2.30. The van der Waals surface area contributed by atoms with Crippen molar-refractivity contribution in [1.29, 1.82) is 0 Å². The first-order valence-corrected chi connectivity index (χ1v) is 8.19. The third kappa shape index (κ3) is 2.84. The van der Waals surface area contributed by atoms with Crippen LogP contribution in [0.2, 0.25) is 0 Å². The van der Waals surface area contributed by atoms with E-state index in [-0.39, 0.29) is 11.8 Å². The van der Waals surface area contributed by atoms with Crippen molar-refractivity contribution in [2.45, 2.75) is 19.5 Å². The number of amides is 1. The molecule has 1 fully saturated rings. The Hall–Kier alpha value is -2.48. The molecule has 2 aromatic heterocycles. The van der Waals surface area contributed by atoms with Crippen molar-refractivity contribution in [3.63, 3.8) is 0 Å². The van der Waals surface area contributed by atoms with Crippen LogP contribution in [0.1, 0.15) is 28.6 Å². The fourth-order valence-electron chi connectivity index (χ4n) is 3.11. The van der Waals surface area contributed by atoms with Gasteiger partial charge in [0.25, 0.3) is 5.89 Å². The number of hydrogen-bond donors (Lipinski definition) is 0. The van der Waals surface area contributed by atoms with Crippen LogP contribution < -0.4 is 4.90 Å². The molecule has 0 aliphatic carbocycles. The minimum Gasteiger partial charge on any atom is -0.435 e. The molecular weight excluding hydrogens is 308 g/mol. The van der Waals surface area contributed by atoms with Crippen LogP contribution in [0.5, 0.6) is 0 Å². The van der Waals surface area contributed by atoms with Gasteiger partial charge < -0.3 is 19.1 Å². The first-order valence-electron chi connectivity index (χ1n) is 8.19. The summed E-state index contributed by atoms with van der Waals surface area (Å²) in [6.45, 7) is 4.47. The van der Waals surface area contributed by atoms with E-state index in [0.717, 1.165) is 37.5 Å². The number of anilines is 1. The van der Waals surface area contributed by atoms with Gasteiger partial charge in [0.05, 0.1) is 13.1 Å². The number of carbonyl (C=O) groups is 1.